The highest BCUT2D eigenvalue weighted by Gasteiger charge is 2.35. The summed E-state index contributed by atoms with van der Waals surface area (Å²) in [4.78, 5) is 0. The third kappa shape index (κ3) is 2.90. The highest BCUT2D eigenvalue weighted by Crippen LogP contribution is 2.36. The van der Waals surface area contributed by atoms with Crippen LogP contribution in [0.4, 0.5) is 0 Å². The van der Waals surface area contributed by atoms with Crippen LogP contribution in [0, 0.1) is 5.92 Å². The van der Waals surface area contributed by atoms with E-state index in [1.54, 1.807) is 0 Å². The average molecular weight is 232 g/mol. The molecule has 1 aliphatic rings. The van der Waals surface area contributed by atoms with Crippen molar-refractivity contribution in [3.8, 4) is 0 Å². The largest absolute Gasteiger partial charge is 0.389 e. The number of hydrogen-bond acceptors (Lipinski definition) is 1. The van der Waals surface area contributed by atoms with Crippen LogP contribution in [0.1, 0.15) is 50.7 Å². The van der Waals surface area contributed by atoms with E-state index in [4.69, 9.17) is 0 Å². The van der Waals surface area contributed by atoms with E-state index in [0.717, 1.165) is 19.3 Å². The Balaban J connectivity index is 2.07. The summed E-state index contributed by atoms with van der Waals surface area (Å²) in [6.07, 6.45) is 6.48. The zero-order valence-corrected chi connectivity index (χ0v) is 11.1. The van der Waals surface area contributed by atoms with Crippen molar-refractivity contribution in [2.45, 2.75) is 58.0 Å². The van der Waals surface area contributed by atoms with Crippen molar-refractivity contribution < 1.29 is 5.11 Å². The van der Waals surface area contributed by atoms with Crippen LogP contribution in [0.3, 0.4) is 0 Å². The maximum atomic E-state index is 10.7. The second kappa shape index (κ2) is 5.22. The molecule has 0 aromatic heterocycles. The summed E-state index contributed by atoms with van der Waals surface area (Å²) in [7, 11) is 0. The van der Waals surface area contributed by atoms with Crippen LogP contribution in [0.15, 0.2) is 24.3 Å². The Labute approximate surface area is 105 Å². The lowest BCUT2D eigenvalue weighted by Gasteiger charge is -2.38. The molecule has 1 saturated carbocycles. The summed E-state index contributed by atoms with van der Waals surface area (Å²) in [5, 5.41) is 10.7. The normalized spacial score (nSPS) is 29.2. The Morgan fingerprint density at radius 2 is 1.82 bits per heavy atom. The van der Waals surface area contributed by atoms with Gasteiger partial charge in [0.05, 0.1) is 5.60 Å². The summed E-state index contributed by atoms with van der Waals surface area (Å²) in [5.74, 6) is 0.433. The van der Waals surface area contributed by atoms with Gasteiger partial charge in [-0.1, -0.05) is 51.0 Å². The maximum Gasteiger partial charge on any atom is 0.0713 e. The first-order valence-electron chi connectivity index (χ1n) is 6.94. The first kappa shape index (κ1) is 12.6. The Hall–Kier alpha value is -0.820. The van der Waals surface area contributed by atoms with Crippen LogP contribution in [0.2, 0.25) is 0 Å². The van der Waals surface area contributed by atoms with Gasteiger partial charge in [0.25, 0.3) is 0 Å². The predicted octanol–water partition coefficient (Wildman–Crippen LogP) is 3.73. The molecule has 0 amide bonds. The van der Waals surface area contributed by atoms with Crippen molar-refractivity contribution in [3.05, 3.63) is 35.4 Å². The second-order valence-electron chi connectivity index (χ2n) is 5.60. The number of aliphatic hydroxyl groups is 1. The fraction of sp³-hybridized carbons (Fsp3) is 0.625. The van der Waals surface area contributed by atoms with Crippen molar-refractivity contribution in [1.29, 1.82) is 0 Å². The highest BCUT2D eigenvalue weighted by atomic mass is 16.3. The standard InChI is InChI=1S/C16H24O/c1-3-14-7-9-15(10-8-14)12-16(17)11-5-4-6-13(16)2/h7-10,13,17H,3-6,11-12H2,1-2H3. The number of benzene rings is 1. The van der Waals surface area contributed by atoms with E-state index < -0.39 is 5.60 Å². The van der Waals surface area contributed by atoms with E-state index in [1.807, 2.05) is 0 Å². The van der Waals surface area contributed by atoms with Crippen LogP contribution in [0.5, 0.6) is 0 Å². The van der Waals surface area contributed by atoms with Crippen LogP contribution in [0.25, 0.3) is 0 Å². The van der Waals surface area contributed by atoms with Crippen LogP contribution in [-0.4, -0.2) is 10.7 Å². The first-order chi connectivity index (χ1) is 8.14. The molecule has 0 spiro atoms. The van der Waals surface area contributed by atoms with Crippen molar-refractivity contribution in [2.75, 3.05) is 0 Å². The molecular formula is C16H24O. The lowest BCUT2D eigenvalue weighted by Crippen LogP contribution is -2.41. The molecule has 2 rings (SSSR count). The Morgan fingerprint density at radius 3 is 2.41 bits per heavy atom. The molecule has 1 aromatic rings. The maximum absolute atomic E-state index is 10.7. The molecule has 17 heavy (non-hydrogen) atoms. The minimum atomic E-state index is -0.466. The van der Waals surface area contributed by atoms with E-state index in [0.29, 0.717) is 5.92 Å². The number of rotatable bonds is 3. The van der Waals surface area contributed by atoms with Gasteiger partial charge in [-0.05, 0) is 36.3 Å². The molecule has 0 saturated heterocycles. The van der Waals surface area contributed by atoms with Crippen LogP contribution >= 0.6 is 0 Å². The van der Waals surface area contributed by atoms with Gasteiger partial charge in [-0.15, -0.1) is 0 Å². The van der Waals surface area contributed by atoms with Gasteiger partial charge in [-0.25, -0.2) is 0 Å². The molecule has 1 aliphatic carbocycles. The SMILES string of the molecule is CCc1ccc(CC2(O)CCCCC2C)cc1. The predicted molar refractivity (Wildman–Crippen MR) is 72.1 cm³/mol. The van der Waals surface area contributed by atoms with Gasteiger partial charge < -0.3 is 5.11 Å². The van der Waals surface area contributed by atoms with E-state index in [9.17, 15) is 5.11 Å². The lowest BCUT2D eigenvalue weighted by atomic mass is 9.73. The molecule has 0 bridgehead atoms. The summed E-state index contributed by atoms with van der Waals surface area (Å²) in [6, 6.07) is 8.73. The summed E-state index contributed by atoms with van der Waals surface area (Å²) in [6.45, 7) is 4.37. The van der Waals surface area contributed by atoms with Gasteiger partial charge in [-0.2, -0.15) is 0 Å². The third-order valence-electron chi connectivity index (χ3n) is 4.36. The Kier molecular flexibility index (Phi) is 3.88. The molecule has 0 heterocycles. The molecule has 0 radical (unpaired) electrons. The van der Waals surface area contributed by atoms with E-state index in [2.05, 4.69) is 38.1 Å². The molecule has 1 fully saturated rings. The van der Waals surface area contributed by atoms with E-state index in [1.165, 1.54) is 30.4 Å². The summed E-state index contributed by atoms with van der Waals surface area (Å²) in [5.41, 5.74) is 2.18. The average Bonchev–Trinajstić information content (AvgIpc) is 2.34. The summed E-state index contributed by atoms with van der Waals surface area (Å²) >= 11 is 0. The molecule has 1 aromatic carbocycles. The van der Waals surface area contributed by atoms with Crippen LogP contribution in [-0.2, 0) is 12.8 Å². The van der Waals surface area contributed by atoms with Crippen molar-refractivity contribution >= 4 is 0 Å². The first-order valence-corrected chi connectivity index (χ1v) is 6.94. The van der Waals surface area contributed by atoms with Crippen LogP contribution < -0.4 is 0 Å². The zero-order valence-electron chi connectivity index (χ0n) is 11.1. The second-order valence-corrected chi connectivity index (χ2v) is 5.60. The van der Waals surface area contributed by atoms with Gasteiger partial charge in [0, 0.05) is 6.42 Å². The molecule has 1 nitrogen and oxygen atoms in total. The van der Waals surface area contributed by atoms with Gasteiger partial charge in [0.15, 0.2) is 0 Å². The molecule has 2 unspecified atom stereocenters. The number of hydrogen-bond donors (Lipinski definition) is 1. The van der Waals surface area contributed by atoms with Gasteiger partial charge in [0.2, 0.25) is 0 Å². The third-order valence-corrected chi connectivity index (χ3v) is 4.36. The minimum Gasteiger partial charge on any atom is -0.389 e. The monoisotopic (exact) mass is 232 g/mol. The van der Waals surface area contributed by atoms with Gasteiger partial charge >= 0.3 is 0 Å². The highest BCUT2D eigenvalue weighted by molar-refractivity contribution is 5.24. The quantitative estimate of drug-likeness (QED) is 0.842. The molecular weight excluding hydrogens is 208 g/mol. The summed E-state index contributed by atoms with van der Waals surface area (Å²) < 4.78 is 0. The molecule has 1 N–H and O–H groups in total. The molecule has 2 atom stereocenters. The van der Waals surface area contributed by atoms with Gasteiger partial charge in [0.1, 0.15) is 0 Å². The minimum absolute atomic E-state index is 0.433. The fourth-order valence-electron chi connectivity index (χ4n) is 2.91. The van der Waals surface area contributed by atoms with Crippen molar-refractivity contribution in [2.24, 2.45) is 5.92 Å². The van der Waals surface area contributed by atoms with Crippen molar-refractivity contribution in [1.82, 2.24) is 0 Å². The Bertz CT molecular complexity index is 354. The van der Waals surface area contributed by atoms with Crippen molar-refractivity contribution in [3.63, 3.8) is 0 Å². The smallest absolute Gasteiger partial charge is 0.0713 e. The molecule has 0 aliphatic heterocycles. The zero-order chi connectivity index (χ0) is 12.3. The molecule has 1 heteroatoms. The lowest BCUT2D eigenvalue weighted by molar-refractivity contribution is -0.0405. The molecule has 94 valence electrons. The van der Waals surface area contributed by atoms with Gasteiger partial charge in [-0.3, -0.25) is 0 Å². The Morgan fingerprint density at radius 1 is 1.18 bits per heavy atom. The van der Waals surface area contributed by atoms with E-state index >= 15 is 0 Å². The van der Waals surface area contributed by atoms with E-state index in [-0.39, 0.29) is 0 Å². The topological polar surface area (TPSA) is 20.2 Å². The fourth-order valence-corrected chi connectivity index (χ4v) is 2.91. The number of aryl methyl sites for hydroxylation is 1.